The molecule has 1 rings (SSSR count). The average molecular weight is 180 g/mol. The van der Waals surface area contributed by atoms with E-state index in [1.807, 2.05) is 0 Å². The summed E-state index contributed by atoms with van der Waals surface area (Å²) >= 11 is 0. The zero-order valence-corrected chi connectivity index (χ0v) is 7.40. The fourth-order valence-corrected chi connectivity index (χ4v) is 0.965. The number of aliphatic hydroxyl groups is 1. The van der Waals surface area contributed by atoms with Gasteiger partial charge in [0.1, 0.15) is 11.8 Å². The molecule has 70 valence electrons. The van der Waals surface area contributed by atoms with Gasteiger partial charge in [0, 0.05) is 12.7 Å². The van der Waals surface area contributed by atoms with Crippen molar-refractivity contribution in [3.8, 4) is 0 Å². The number of aliphatic hydroxyl groups excluding tert-OH is 1. The number of likely N-dealkylation sites (N-methyl/N-ethyl adjacent to an activating group) is 1. The van der Waals surface area contributed by atoms with Gasteiger partial charge in [-0.3, -0.25) is 9.78 Å². The van der Waals surface area contributed by atoms with Crippen LogP contribution in [0.3, 0.4) is 0 Å². The lowest BCUT2D eigenvalue weighted by molar-refractivity contribution is 0.0745. The first-order chi connectivity index (χ1) is 6.25. The number of Topliss-reactive ketones (excluding diaryl/α,β-unsaturated/α-hetero) is 1. The first-order valence-electron chi connectivity index (χ1n) is 4.03. The summed E-state index contributed by atoms with van der Waals surface area (Å²) in [5.74, 6) is -0.352. The van der Waals surface area contributed by atoms with Gasteiger partial charge < -0.3 is 10.4 Å². The Morgan fingerprint density at radius 1 is 1.69 bits per heavy atom. The number of ketones is 1. The van der Waals surface area contributed by atoms with E-state index in [4.69, 9.17) is 0 Å². The highest BCUT2D eigenvalue weighted by Crippen LogP contribution is 1.98. The van der Waals surface area contributed by atoms with Crippen LogP contribution in [0.2, 0.25) is 0 Å². The first-order valence-corrected chi connectivity index (χ1v) is 4.03. The summed E-state index contributed by atoms with van der Waals surface area (Å²) in [6.45, 7) is 0.245. The predicted molar refractivity (Wildman–Crippen MR) is 48.5 cm³/mol. The van der Waals surface area contributed by atoms with E-state index in [1.165, 1.54) is 6.20 Å². The molecule has 0 aliphatic heterocycles. The van der Waals surface area contributed by atoms with Crippen molar-refractivity contribution in [1.29, 1.82) is 0 Å². The molecule has 1 aromatic rings. The van der Waals surface area contributed by atoms with Crippen LogP contribution in [0.25, 0.3) is 0 Å². The second-order valence-electron chi connectivity index (χ2n) is 2.65. The third-order valence-corrected chi connectivity index (χ3v) is 1.62. The molecule has 13 heavy (non-hydrogen) atoms. The standard InChI is InChI=1S/C9H12N2O2/c1-10-6-8(12)9(13)7-4-2-3-5-11-7/h2-5,8,10,12H,6H2,1H3. The molecule has 0 saturated heterocycles. The first kappa shape index (κ1) is 9.83. The van der Waals surface area contributed by atoms with Crippen LogP contribution in [0.15, 0.2) is 24.4 Å². The van der Waals surface area contributed by atoms with E-state index in [9.17, 15) is 9.90 Å². The van der Waals surface area contributed by atoms with Crippen molar-refractivity contribution in [3.05, 3.63) is 30.1 Å². The highest BCUT2D eigenvalue weighted by molar-refractivity contribution is 5.97. The number of nitrogens with zero attached hydrogens (tertiary/aromatic N) is 1. The quantitative estimate of drug-likeness (QED) is 0.632. The molecule has 0 aromatic carbocycles. The lowest BCUT2D eigenvalue weighted by Gasteiger charge is -2.07. The van der Waals surface area contributed by atoms with Crippen LogP contribution >= 0.6 is 0 Å². The van der Waals surface area contributed by atoms with Gasteiger partial charge in [-0.1, -0.05) is 6.07 Å². The van der Waals surface area contributed by atoms with Crippen molar-refractivity contribution in [1.82, 2.24) is 10.3 Å². The number of hydrogen-bond acceptors (Lipinski definition) is 4. The van der Waals surface area contributed by atoms with Gasteiger partial charge in [0.05, 0.1) is 0 Å². The van der Waals surface area contributed by atoms with Crippen LogP contribution in [0, 0.1) is 0 Å². The van der Waals surface area contributed by atoms with Crippen molar-refractivity contribution >= 4 is 5.78 Å². The normalized spacial score (nSPS) is 12.5. The van der Waals surface area contributed by atoms with E-state index >= 15 is 0 Å². The molecule has 1 aromatic heterocycles. The van der Waals surface area contributed by atoms with Gasteiger partial charge in [-0.05, 0) is 19.2 Å². The number of aromatic nitrogens is 1. The Morgan fingerprint density at radius 2 is 2.46 bits per heavy atom. The molecule has 0 radical (unpaired) electrons. The Hall–Kier alpha value is -1.26. The molecule has 0 spiro atoms. The average Bonchev–Trinajstić information content (AvgIpc) is 2.18. The molecular formula is C9H12N2O2. The summed E-state index contributed by atoms with van der Waals surface area (Å²) < 4.78 is 0. The van der Waals surface area contributed by atoms with Crippen LogP contribution in [-0.4, -0.2) is 35.6 Å². The summed E-state index contributed by atoms with van der Waals surface area (Å²) in [6.07, 6.45) is 0.513. The summed E-state index contributed by atoms with van der Waals surface area (Å²) in [5.41, 5.74) is 0.297. The molecule has 0 aliphatic rings. The summed E-state index contributed by atoms with van der Waals surface area (Å²) in [6, 6.07) is 5.02. The minimum Gasteiger partial charge on any atom is -0.384 e. The van der Waals surface area contributed by atoms with Crippen molar-refractivity contribution < 1.29 is 9.90 Å². The van der Waals surface area contributed by atoms with Gasteiger partial charge in [-0.25, -0.2) is 0 Å². The topological polar surface area (TPSA) is 62.2 Å². The van der Waals surface area contributed by atoms with E-state index in [0.29, 0.717) is 5.69 Å². The SMILES string of the molecule is CNCC(O)C(=O)c1ccccn1. The molecule has 4 heteroatoms. The van der Waals surface area contributed by atoms with Crippen molar-refractivity contribution in [2.24, 2.45) is 0 Å². The van der Waals surface area contributed by atoms with Crippen molar-refractivity contribution in [2.75, 3.05) is 13.6 Å². The van der Waals surface area contributed by atoms with Gasteiger partial charge in [-0.2, -0.15) is 0 Å². The minimum atomic E-state index is -1.01. The molecular weight excluding hydrogens is 168 g/mol. The molecule has 1 atom stereocenters. The highest BCUT2D eigenvalue weighted by atomic mass is 16.3. The zero-order valence-electron chi connectivity index (χ0n) is 7.40. The van der Waals surface area contributed by atoms with Crippen LogP contribution < -0.4 is 5.32 Å². The summed E-state index contributed by atoms with van der Waals surface area (Å²) in [7, 11) is 1.68. The smallest absolute Gasteiger partial charge is 0.210 e. The Balaban J connectivity index is 2.68. The Morgan fingerprint density at radius 3 is 3.00 bits per heavy atom. The number of rotatable bonds is 4. The lowest BCUT2D eigenvalue weighted by Crippen LogP contribution is -2.31. The molecule has 1 unspecified atom stereocenters. The molecule has 2 N–H and O–H groups in total. The fourth-order valence-electron chi connectivity index (χ4n) is 0.965. The maximum absolute atomic E-state index is 11.4. The maximum Gasteiger partial charge on any atom is 0.210 e. The lowest BCUT2D eigenvalue weighted by atomic mass is 10.1. The largest absolute Gasteiger partial charge is 0.384 e. The molecule has 0 aliphatic carbocycles. The monoisotopic (exact) mass is 180 g/mol. The predicted octanol–water partition coefficient (Wildman–Crippen LogP) is -0.155. The molecule has 1 heterocycles. The number of hydrogen-bond donors (Lipinski definition) is 2. The van der Waals surface area contributed by atoms with Crippen LogP contribution in [-0.2, 0) is 0 Å². The zero-order chi connectivity index (χ0) is 9.68. The maximum atomic E-state index is 11.4. The Bertz CT molecular complexity index is 274. The van der Waals surface area contributed by atoms with E-state index in [0.717, 1.165) is 0 Å². The van der Waals surface area contributed by atoms with E-state index in [-0.39, 0.29) is 12.3 Å². The third-order valence-electron chi connectivity index (χ3n) is 1.62. The number of nitrogens with one attached hydrogen (secondary N) is 1. The van der Waals surface area contributed by atoms with Crippen LogP contribution in [0.1, 0.15) is 10.5 Å². The highest BCUT2D eigenvalue weighted by Gasteiger charge is 2.16. The van der Waals surface area contributed by atoms with Crippen molar-refractivity contribution in [3.63, 3.8) is 0 Å². The second-order valence-corrected chi connectivity index (χ2v) is 2.65. The molecule has 0 saturated carbocycles. The number of carbonyl (C=O) groups excluding carboxylic acids is 1. The number of pyridine rings is 1. The van der Waals surface area contributed by atoms with E-state index < -0.39 is 6.10 Å². The number of carbonyl (C=O) groups is 1. The fraction of sp³-hybridized carbons (Fsp3) is 0.333. The molecule has 0 amide bonds. The Labute approximate surface area is 76.6 Å². The van der Waals surface area contributed by atoms with Gasteiger partial charge in [-0.15, -0.1) is 0 Å². The van der Waals surface area contributed by atoms with E-state index in [2.05, 4.69) is 10.3 Å². The van der Waals surface area contributed by atoms with Gasteiger partial charge in [0.25, 0.3) is 0 Å². The van der Waals surface area contributed by atoms with Crippen LogP contribution in [0.5, 0.6) is 0 Å². The second kappa shape index (κ2) is 4.69. The molecule has 4 nitrogen and oxygen atoms in total. The Kier molecular flexibility index (Phi) is 3.54. The minimum absolute atomic E-state index is 0.245. The third kappa shape index (κ3) is 2.61. The van der Waals surface area contributed by atoms with Gasteiger partial charge >= 0.3 is 0 Å². The summed E-state index contributed by atoms with van der Waals surface area (Å²) in [5, 5.41) is 12.0. The van der Waals surface area contributed by atoms with E-state index in [1.54, 1.807) is 25.2 Å². The van der Waals surface area contributed by atoms with Gasteiger partial charge in [0.15, 0.2) is 0 Å². The molecule has 0 bridgehead atoms. The van der Waals surface area contributed by atoms with Crippen LogP contribution in [0.4, 0.5) is 0 Å². The van der Waals surface area contributed by atoms with Crippen molar-refractivity contribution in [2.45, 2.75) is 6.10 Å². The van der Waals surface area contributed by atoms with Gasteiger partial charge in [0.2, 0.25) is 5.78 Å². The summed E-state index contributed by atoms with van der Waals surface area (Å²) in [4.78, 5) is 15.2. The molecule has 0 fully saturated rings.